The summed E-state index contributed by atoms with van der Waals surface area (Å²) in [5, 5.41) is 0. The Labute approximate surface area is 141 Å². The van der Waals surface area contributed by atoms with Crippen molar-refractivity contribution in [2.75, 3.05) is 26.7 Å². The van der Waals surface area contributed by atoms with E-state index in [0.29, 0.717) is 22.7 Å². The molecule has 126 valence electrons. The Morgan fingerprint density at radius 1 is 1.25 bits per heavy atom. The normalized spacial score (nSPS) is 14.0. The number of nitrogens with zero attached hydrogens (tertiary/aromatic N) is 3. The van der Waals surface area contributed by atoms with Crippen LogP contribution in [0.25, 0.3) is 11.5 Å². The Kier molecular flexibility index (Phi) is 4.64. The highest BCUT2D eigenvalue weighted by molar-refractivity contribution is 5.97. The SMILES string of the molecule is Cc1nc(-c2ccco2)ccc1C(=O)N(C)CC(=O)N1CCCC1. The molecule has 3 heterocycles. The Hall–Kier alpha value is -2.63. The summed E-state index contributed by atoms with van der Waals surface area (Å²) in [5.41, 5.74) is 1.81. The van der Waals surface area contributed by atoms with Gasteiger partial charge < -0.3 is 14.2 Å². The first-order valence-electron chi connectivity index (χ1n) is 8.11. The van der Waals surface area contributed by atoms with Gasteiger partial charge >= 0.3 is 0 Å². The minimum Gasteiger partial charge on any atom is -0.463 e. The van der Waals surface area contributed by atoms with E-state index in [-0.39, 0.29) is 18.4 Å². The van der Waals surface area contributed by atoms with Crippen molar-refractivity contribution in [2.45, 2.75) is 19.8 Å². The fraction of sp³-hybridized carbons (Fsp3) is 0.389. The Balaban J connectivity index is 1.71. The van der Waals surface area contributed by atoms with Gasteiger partial charge in [0.05, 0.1) is 24.1 Å². The summed E-state index contributed by atoms with van der Waals surface area (Å²) in [6.45, 7) is 3.46. The highest BCUT2D eigenvalue weighted by Crippen LogP contribution is 2.20. The second-order valence-corrected chi connectivity index (χ2v) is 6.06. The zero-order chi connectivity index (χ0) is 17.1. The second-order valence-electron chi connectivity index (χ2n) is 6.06. The molecule has 0 N–H and O–H groups in total. The van der Waals surface area contributed by atoms with E-state index >= 15 is 0 Å². The molecule has 0 aliphatic carbocycles. The number of aryl methyl sites for hydroxylation is 1. The monoisotopic (exact) mass is 327 g/mol. The largest absolute Gasteiger partial charge is 0.463 e. The summed E-state index contributed by atoms with van der Waals surface area (Å²) in [6, 6.07) is 7.11. The van der Waals surface area contributed by atoms with Crippen molar-refractivity contribution in [3.8, 4) is 11.5 Å². The molecular weight excluding hydrogens is 306 g/mol. The van der Waals surface area contributed by atoms with E-state index in [2.05, 4.69) is 4.98 Å². The first-order chi connectivity index (χ1) is 11.6. The first-order valence-corrected chi connectivity index (χ1v) is 8.11. The lowest BCUT2D eigenvalue weighted by Gasteiger charge is -2.22. The maximum absolute atomic E-state index is 12.6. The molecular formula is C18H21N3O3. The second kappa shape index (κ2) is 6.86. The number of hydrogen-bond donors (Lipinski definition) is 0. The quantitative estimate of drug-likeness (QED) is 0.864. The smallest absolute Gasteiger partial charge is 0.255 e. The third kappa shape index (κ3) is 3.32. The van der Waals surface area contributed by atoms with Crippen LogP contribution in [-0.4, -0.2) is 53.3 Å². The number of amides is 2. The standard InChI is InChI=1S/C18H21N3O3/c1-13-14(7-8-15(19-13)16-6-5-11-24-16)18(23)20(2)12-17(22)21-9-3-4-10-21/h5-8,11H,3-4,9-10,12H2,1-2H3. The van der Waals surface area contributed by atoms with Crippen LogP contribution in [0.4, 0.5) is 0 Å². The lowest BCUT2D eigenvalue weighted by molar-refractivity contribution is -0.130. The molecule has 0 aromatic carbocycles. The van der Waals surface area contributed by atoms with Gasteiger partial charge in [-0.3, -0.25) is 9.59 Å². The predicted molar refractivity (Wildman–Crippen MR) is 89.5 cm³/mol. The Morgan fingerprint density at radius 2 is 2.00 bits per heavy atom. The molecule has 0 bridgehead atoms. The van der Waals surface area contributed by atoms with Gasteiger partial charge in [-0.1, -0.05) is 0 Å². The number of aromatic nitrogens is 1. The summed E-state index contributed by atoms with van der Waals surface area (Å²) in [6.07, 6.45) is 3.67. The zero-order valence-electron chi connectivity index (χ0n) is 14.0. The number of furan rings is 1. The van der Waals surface area contributed by atoms with Crippen molar-refractivity contribution >= 4 is 11.8 Å². The van der Waals surface area contributed by atoms with Crippen LogP contribution in [0.15, 0.2) is 34.9 Å². The van der Waals surface area contributed by atoms with Crippen molar-refractivity contribution < 1.29 is 14.0 Å². The topological polar surface area (TPSA) is 66.7 Å². The number of likely N-dealkylation sites (N-methyl/N-ethyl adjacent to an activating group) is 1. The van der Waals surface area contributed by atoms with Crippen molar-refractivity contribution in [1.82, 2.24) is 14.8 Å². The van der Waals surface area contributed by atoms with Crippen molar-refractivity contribution in [1.29, 1.82) is 0 Å². The average molecular weight is 327 g/mol. The number of pyridine rings is 1. The van der Waals surface area contributed by atoms with Crippen LogP contribution in [0, 0.1) is 6.92 Å². The average Bonchev–Trinajstić information content (AvgIpc) is 3.27. The molecule has 2 aromatic heterocycles. The third-order valence-electron chi connectivity index (χ3n) is 4.27. The van der Waals surface area contributed by atoms with Crippen molar-refractivity contribution in [2.24, 2.45) is 0 Å². The highest BCUT2D eigenvalue weighted by atomic mass is 16.3. The van der Waals surface area contributed by atoms with Gasteiger partial charge in [-0.15, -0.1) is 0 Å². The molecule has 1 fully saturated rings. The molecule has 0 atom stereocenters. The van der Waals surface area contributed by atoms with Gasteiger partial charge in [-0.2, -0.15) is 0 Å². The van der Waals surface area contributed by atoms with Crippen LogP contribution in [0.1, 0.15) is 28.9 Å². The molecule has 6 nitrogen and oxygen atoms in total. The highest BCUT2D eigenvalue weighted by Gasteiger charge is 2.23. The minimum atomic E-state index is -0.196. The molecule has 0 radical (unpaired) electrons. The van der Waals surface area contributed by atoms with Crippen LogP contribution in [0.3, 0.4) is 0 Å². The maximum Gasteiger partial charge on any atom is 0.255 e. The van der Waals surface area contributed by atoms with Crippen LogP contribution in [0.2, 0.25) is 0 Å². The zero-order valence-corrected chi connectivity index (χ0v) is 14.0. The summed E-state index contributed by atoms with van der Waals surface area (Å²) in [7, 11) is 1.65. The van der Waals surface area contributed by atoms with E-state index in [1.165, 1.54) is 4.90 Å². The van der Waals surface area contributed by atoms with Gasteiger partial charge in [0, 0.05) is 20.1 Å². The van der Waals surface area contributed by atoms with Crippen LogP contribution in [0.5, 0.6) is 0 Å². The van der Waals surface area contributed by atoms with E-state index in [1.54, 1.807) is 38.4 Å². The molecule has 6 heteroatoms. The predicted octanol–water partition coefficient (Wildman–Crippen LogP) is 2.34. The lowest BCUT2D eigenvalue weighted by Crippen LogP contribution is -2.40. The molecule has 2 aromatic rings. The van der Waals surface area contributed by atoms with Crippen molar-refractivity contribution in [3.63, 3.8) is 0 Å². The van der Waals surface area contributed by atoms with Crippen LogP contribution in [-0.2, 0) is 4.79 Å². The molecule has 1 aliphatic rings. The lowest BCUT2D eigenvalue weighted by atomic mass is 10.1. The van der Waals surface area contributed by atoms with E-state index in [1.807, 2.05) is 11.0 Å². The van der Waals surface area contributed by atoms with E-state index < -0.39 is 0 Å². The van der Waals surface area contributed by atoms with Gasteiger partial charge in [0.1, 0.15) is 5.69 Å². The third-order valence-corrected chi connectivity index (χ3v) is 4.27. The summed E-state index contributed by atoms with van der Waals surface area (Å²) in [5.74, 6) is 0.467. The van der Waals surface area contributed by atoms with Crippen LogP contribution >= 0.6 is 0 Å². The number of hydrogen-bond acceptors (Lipinski definition) is 4. The van der Waals surface area contributed by atoms with E-state index in [0.717, 1.165) is 25.9 Å². The summed E-state index contributed by atoms with van der Waals surface area (Å²) < 4.78 is 5.32. The van der Waals surface area contributed by atoms with Crippen molar-refractivity contribution in [3.05, 3.63) is 41.8 Å². The number of rotatable bonds is 4. The molecule has 2 amide bonds. The van der Waals surface area contributed by atoms with Gasteiger partial charge in [0.25, 0.3) is 5.91 Å². The van der Waals surface area contributed by atoms with E-state index in [4.69, 9.17) is 4.42 Å². The first kappa shape index (κ1) is 16.2. The fourth-order valence-corrected chi connectivity index (χ4v) is 2.90. The molecule has 0 spiro atoms. The number of likely N-dealkylation sites (tertiary alicyclic amines) is 1. The minimum absolute atomic E-state index is 0.00108. The fourth-order valence-electron chi connectivity index (χ4n) is 2.90. The summed E-state index contributed by atoms with van der Waals surface area (Å²) >= 11 is 0. The van der Waals surface area contributed by atoms with Gasteiger partial charge in [-0.05, 0) is 44.0 Å². The van der Waals surface area contributed by atoms with Gasteiger partial charge in [0.15, 0.2) is 5.76 Å². The van der Waals surface area contributed by atoms with Crippen LogP contribution < -0.4 is 0 Å². The maximum atomic E-state index is 12.6. The van der Waals surface area contributed by atoms with Gasteiger partial charge in [-0.25, -0.2) is 4.98 Å². The molecule has 1 aliphatic heterocycles. The summed E-state index contributed by atoms with van der Waals surface area (Å²) in [4.78, 5) is 32.5. The number of carbonyl (C=O) groups excluding carboxylic acids is 2. The molecule has 24 heavy (non-hydrogen) atoms. The van der Waals surface area contributed by atoms with Gasteiger partial charge in [0.2, 0.25) is 5.91 Å². The molecule has 1 saturated heterocycles. The molecule has 0 unspecified atom stereocenters. The van der Waals surface area contributed by atoms with E-state index in [9.17, 15) is 9.59 Å². The molecule has 3 rings (SSSR count). The Bertz CT molecular complexity index is 734. The number of carbonyl (C=O) groups is 2. The Morgan fingerprint density at radius 3 is 2.62 bits per heavy atom. The molecule has 0 saturated carbocycles.